The number of hydrogen-bond donors (Lipinski definition) is 0. The molecule has 0 bridgehead atoms. The van der Waals surface area contributed by atoms with Crippen LogP contribution in [0.4, 0.5) is 18.9 Å². The van der Waals surface area contributed by atoms with Crippen LogP contribution in [0.25, 0.3) is 21.7 Å². The van der Waals surface area contributed by atoms with E-state index >= 15 is 0 Å². The first-order chi connectivity index (χ1) is 14.2. The summed E-state index contributed by atoms with van der Waals surface area (Å²) in [7, 11) is -3.73. The van der Waals surface area contributed by atoms with Gasteiger partial charge in [-0.05, 0) is 30.3 Å². The molecular formula is C18H13F3N4O3S2. The predicted octanol–water partition coefficient (Wildman–Crippen LogP) is 4.39. The van der Waals surface area contributed by atoms with Gasteiger partial charge in [-0.25, -0.2) is 17.8 Å². The molecule has 0 N–H and O–H groups in total. The number of fused-ring (bicyclic) bond motifs is 1. The van der Waals surface area contributed by atoms with Crippen LogP contribution in [0.3, 0.4) is 0 Å². The summed E-state index contributed by atoms with van der Waals surface area (Å²) in [6.45, 7) is -0.263. The van der Waals surface area contributed by atoms with Crippen LogP contribution in [0.1, 0.15) is 17.9 Å². The Bertz CT molecular complexity index is 1320. The molecule has 2 aromatic heterocycles. The van der Waals surface area contributed by atoms with Crippen molar-refractivity contribution < 1.29 is 26.0 Å². The molecule has 156 valence electrons. The Morgan fingerprint density at radius 3 is 2.63 bits per heavy atom. The minimum absolute atomic E-state index is 0.0853. The maximum absolute atomic E-state index is 14.7. The van der Waals surface area contributed by atoms with Gasteiger partial charge in [0.15, 0.2) is 0 Å². The third kappa shape index (κ3) is 4.00. The van der Waals surface area contributed by atoms with Crippen LogP contribution in [-0.4, -0.2) is 29.9 Å². The van der Waals surface area contributed by atoms with Crippen molar-refractivity contribution in [2.45, 2.75) is 13.0 Å². The van der Waals surface area contributed by atoms with Gasteiger partial charge >= 0.3 is 6.43 Å². The maximum Gasteiger partial charge on any atom is 0.314 e. The summed E-state index contributed by atoms with van der Waals surface area (Å²) < 4.78 is 71.3. The van der Waals surface area contributed by atoms with Gasteiger partial charge in [-0.2, -0.15) is 8.78 Å². The second-order valence-electron chi connectivity index (χ2n) is 6.33. The SMILES string of the molecule is CS(=O)(=O)N(Cc1ccc(-c2nnc(C(F)F)o2)cc1F)c1ccc2ncsc2c1. The highest BCUT2D eigenvalue weighted by molar-refractivity contribution is 7.92. The minimum atomic E-state index is -3.73. The standard InChI is InChI=1S/C18H13F3N4O3S2/c1-30(26,27)25(12-4-5-14-15(7-12)29-9-22-14)8-11-3-2-10(6-13(11)19)17-23-24-18(28-17)16(20)21/h2-7,9,16H,8H2,1H3. The lowest BCUT2D eigenvalue weighted by atomic mass is 10.1. The average Bonchev–Trinajstić information content (AvgIpc) is 3.35. The van der Waals surface area contributed by atoms with Crippen LogP contribution in [0.2, 0.25) is 0 Å². The fourth-order valence-corrected chi connectivity index (χ4v) is 4.38. The molecule has 2 heterocycles. The molecule has 0 spiro atoms. The van der Waals surface area contributed by atoms with Crippen molar-refractivity contribution >= 4 is 37.3 Å². The number of thiazole rings is 1. The molecule has 4 rings (SSSR count). The number of halogens is 3. The van der Waals surface area contributed by atoms with E-state index in [1.54, 1.807) is 23.7 Å². The van der Waals surface area contributed by atoms with Crippen molar-refractivity contribution in [2.75, 3.05) is 10.6 Å². The van der Waals surface area contributed by atoms with Crippen LogP contribution in [0, 0.1) is 5.82 Å². The summed E-state index contributed by atoms with van der Waals surface area (Å²) >= 11 is 1.36. The Kier molecular flexibility index (Phi) is 5.20. The van der Waals surface area contributed by atoms with Crippen LogP contribution in [-0.2, 0) is 16.6 Å². The van der Waals surface area contributed by atoms with Gasteiger partial charge in [0, 0.05) is 11.1 Å². The quantitative estimate of drug-likeness (QED) is 0.429. The molecule has 0 fully saturated rings. The highest BCUT2D eigenvalue weighted by Crippen LogP contribution is 2.29. The van der Waals surface area contributed by atoms with Crippen molar-refractivity contribution in [3.63, 3.8) is 0 Å². The summed E-state index contributed by atoms with van der Waals surface area (Å²) in [6.07, 6.45) is -1.91. The van der Waals surface area contributed by atoms with Gasteiger partial charge in [0.05, 0.1) is 34.2 Å². The topological polar surface area (TPSA) is 89.2 Å². The second kappa shape index (κ2) is 7.69. The van der Waals surface area contributed by atoms with Gasteiger partial charge in [0.2, 0.25) is 15.9 Å². The molecule has 0 aliphatic heterocycles. The molecule has 0 atom stereocenters. The van der Waals surface area contributed by atoms with E-state index in [1.165, 1.54) is 23.5 Å². The fourth-order valence-electron chi connectivity index (χ4n) is 2.80. The molecule has 0 unspecified atom stereocenters. The number of sulfonamides is 1. The predicted molar refractivity (Wildman–Crippen MR) is 105 cm³/mol. The van der Waals surface area contributed by atoms with Gasteiger partial charge in [-0.1, -0.05) is 6.07 Å². The summed E-state index contributed by atoms with van der Waals surface area (Å²) in [4.78, 5) is 4.15. The number of benzene rings is 2. The normalized spacial score (nSPS) is 12.0. The van der Waals surface area contributed by atoms with E-state index in [2.05, 4.69) is 15.2 Å². The lowest BCUT2D eigenvalue weighted by Gasteiger charge is -2.23. The summed E-state index contributed by atoms with van der Waals surface area (Å²) in [5, 5.41) is 6.68. The number of alkyl halides is 2. The molecule has 4 aromatic rings. The van der Waals surface area contributed by atoms with E-state index in [1.807, 2.05) is 0 Å². The zero-order valence-electron chi connectivity index (χ0n) is 15.3. The molecule has 30 heavy (non-hydrogen) atoms. The van der Waals surface area contributed by atoms with E-state index in [0.29, 0.717) is 5.69 Å². The van der Waals surface area contributed by atoms with Crippen LogP contribution < -0.4 is 4.31 Å². The molecular weight excluding hydrogens is 441 g/mol. The van der Waals surface area contributed by atoms with Crippen molar-refractivity contribution in [3.8, 4) is 11.5 Å². The van der Waals surface area contributed by atoms with Crippen molar-refractivity contribution in [2.24, 2.45) is 0 Å². The Hall–Kier alpha value is -2.99. The minimum Gasteiger partial charge on any atom is -0.415 e. The van der Waals surface area contributed by atoms with E-state index in [4.69, 9.17) is 4.42 Å². The lowest BCUT2D eigenvalue weighted by molar-refractivity contribution is 0.116. The summed E-state index contributed by atoms with van der Waals surface area (Å²) in [6, 6.07) is 8.73. The average molecular weight is 454 g/mol. The zero-order chi connectivity index (χ0) is 21.5. The van der Waals surface area contributed by atoms with E-state index in [9.17, 15) is 21.6 Å². The molecule has 0 aliphatic rings. The Morgan fingerprint density at radius 2 is 1.97 bits per heavy atom. The molecule has 0 saturated heterocycles. The molecule has 0 aliphatic carbocycles. The number of nitrogens with zero attached hydrogens (tertiary/aromatic N) is 4. The first-order valence-electron chi connectivity index (χ1n) is 8.43. The maximum atomic E-state index is 14.7. The molecule has 0 saturated carbocycles. The smallest absolute Gasteiger partial charge is 0.314 e. The number of rotatable bonds is 6. The van der Waals surface area contributed by atoms with Crippen LogP contribution in [0.5, 0.6) is 0 Å². The van der Waals surface area contributed by atoms with Crippen LogP contribution >= 0.6 is 11.3 Å². The molecule has 0 amide bonds. The van der Waals surface area contributed by atoms with Crippen molar-refractivity contribution in [1.82, 2.24) is 15.2 Å². The molecule has 12 heteroatoms. The zero-order valence-corrected chi connectivity index (χ0v) is 16.9. The monoisotopic (exact) mass is 454 g/mol. The number of hydrogen-bond acceptors (Lipinski definition) is 7. The number of anilines is 1. The largest absolute Gasteiger partial charge is 0.415 e. The fraction of sp³-hybridized carbons (Fsp3) is 0.167. The Balaban J connectivity index is 1.66. The highest BCUT2D eigenvalue weighted by atomic mass is 32.2. The summed E-state index contributed by atoms with van der Waals surface area (Å²) in [5.41, 5.74) is 2.94. The van der Waals surface area contributed by atoms with Gasteiger partial charge in [0.25, 0.3) is 5.89 Å². The molecule has 7 nitrogen and oxygen atoms in total. The van der Waals surface area contributed by atoms with Gasteiger partial charge < -0.3 is 4.42 Å². The Labute approximate surface area is 172 Å². The third-order valence-electron chi connectivity index (χ3n) is 4.24. The van der Waals surface area contributed by atoms with Crippen molar-refractivity contribution in [3.05, 3.63) is 59.2 Å². The second-order valence-corrected chi connectivity index (χ2v) is 9.12. The van der Waals surface area contributed by atoms with E-state index in [0.717, 1.165) is 26.8 Å². The lowest BCUT2D eigenvalue weighted by Crippen LogP contribution is -2.29. The molecule has 2 aromatic carbocycles. The van der Waals surface area contributed by atoms with Crippen molar-refractivity contribution in [1.29, 1.82) is 0 Å². The van der Waals surface area contributed by atoms with E-state index < -0.39 is 28.2 Å². The first-order valence-corrected chi connectivity index (χ1v) is 11.2. The van der Waals surface area contributed by atoms with Gasteiger partial charge in [-0.3, -0.25) is 4.31 Å². The van der Waals surface area contributed by atoms with Gasteiger partial charge in [-0.15, -0.1) is 21.5 Å². The number of aromatic nitrogens is 3. The van der Waals surface area contributed by atoms with Crippen LogP contribution in [0.15, 0.2) is 46.3 Å². The molecule has 0 radical (unpaired) electrons. The Morgan fingerprint density at radius 1 is 1.17 bits per heavy atom. The first kappa shape index (κ1) is 20.3. The van der Waals surface area contributed by atoms with E-state index in [-0.39, 0.29) is 23.6 Å². The summed E-state index contributed by atoms with van der Waals surface area (Å²) in [5.74, 6) is -1.86. The highest BCUT2D eigenvalue weighted by Gasteiger charge is 2.22. The van der Waals surface area contributed by atoms with Gasteiger partial charge in [0.1, 0.15) is 5.82 Å². The third-order valence-corrected chi connectivity index (χ3v) is 6.18.